The van der Waals surface area contributed by atoms with Gasteiger partial charge in [0.05, 0.1) is 0 Å². The fraction of sp³-hybridized carbons (Fsp3) is 0.0455. The van der Waals surface area contributed by atoms with Crippen LogP contribution >= 0.6 is 0 Å². The third-order valence-corrected chi connectivity index (χ3v) is 4.22. The van der Waals surface area contributed by atoms with Crippen LogP contribution in [0.5, 0.6) is 5.75 Å². The first kappa shape index (κ1) is 16.1. The van der Waals surface area contributed by atoms with Gasteiger partial charge in [-0.05, 0) is 47.5 Å². The van der Waals surface area contributed by atoms with Crippen molar-refractivity contribution >= 4 is 23.2 Å². The van der Waals surface area contributed by atoms with Crippen LogP contribution in [-0.4, -0.2) is 5.91 Å². The van der Waals surface area contributed by atoms with Gasteiger partial charge >= 0.3 is 0 Å². The standard InChI is InChI=1S/C22H16FNO2/c23-17-9-5-16(6-10-17)14-26-18-11-7-15(8-12-18)13-20-19-3-1-2-4-21(19)24-22(20)25/h1-13H,14H2,(H,24,25)/b20-13-. The lowest BCUT2D eigenvalue weighted by Crippen LogP contribution is -2.03. The van der Waals surface area contributed by atoms with Gasteiger partial charge in [0, 0.05) is 16.8 Å². The zero-order chi connectivity index (χ0) is 17.9. The highest BCUT2D eigenvalue weighted by molar-refractivity contribution is 6.34. The summed E-state index contributed by atoms with van der Waals surface area (Å²) >= 11 is 0. The summed E-state index contributed by atoms with van der Waals surface area (Å²) in [7, 11) is 0. The fourth-order valence-electron chi connectivity index (χ4n) is 2.86. The number of anilines is 1. The Morgan fingerprint density at radius 2 is 1.65 bits per heavy atom. The summed E-state index contributed by atoms with van der Waals surface area (Å²) < 4.78 is 18.6. The highest BCUT2D eigenvalue weighted by Crippen LogP contribution is 2.32. The van der Waals surface area contributed by atoms with Crippen molar-refractivity contribution in [1.82, 2.24) is 0 Å². The molecule has 0 aliphatic carbocycles. The SMILES string of the molecule is O=C1Nc2ccccc2/C1=C/c1ccc(OCc2ccc(F)cc2)cc1. The van der Waals surface area contributed by atoms with E-state index in [1.165, 1.54) is 12.1 Å². The molecule has 1 heterocycles. The van der Waals surface area contributed by atoms with Crippen molar-refractivity contribution in [3.05, 3.63) is 95.3 Å². The second-order valence-electron chi connectivity index (χ2n) is 6.04. The van der Waals surface area contributed by atoms with E-state index in [-0.39, 0.29) is 11.7 Å². The van der Waals surface area contributed by atoms with Gasteiger partial charge in [-0.15, -0.1) is 0 Å². The lowest BCUT2D eigenvalue weighted by Gasteiger charge is -2.07. The number of nitrogens with one attached hydrogen (secondary N) is 1. The second kappa shape index (κ2) is 6.84. The Balaban J connectivity index is 1.48. The van der Waals surface area contributed by atoms with Crippen LogP contribution in [0, 0.1) is 5.82 Å². The lowest BCUT2D eigenvalue weighted by atomic mass is 10.0. The summed E-state index contributed by atoms with van der Waals surface area (Å²) in [5.74, 6) is 0.360. The average Bonchev–Trinajstić information content (AvgIpc) is 2.98. The molecule has 3 aromatic carbocycles. The molecule has 4 heteroatoms. The van der Waals surface area contributed by atoms with E-state index in [0.29, 0.717) is 17.9 Å². The maximum absolute atomic E-state index is 12.9. The smallest absolute Gasteiger partial charge is 0.256 e. The fourth-order valence-corrected chi connectivity index (χ4v) is 2.86. The lowest BCUT2D eigenvalue weighted by molar-refractivity contribution is -0.110. The minimum absolute atomic E-state index is 0.0946. The third-order valence-electron chi connectivity index (χ3n) is 4.22. The number of hydrogen-bond donors (Lipinski definition) is 1. The molecule has 1 amide bonds. The number of ether oxygens (including phenoxy) is 1. The number of halogens is 1. The van der Waals surface area contributed by atoms with E-state index in [9.17, 15) is 9.18 Å². The van der Waals surface area contributed by atoms with E-state index in [0.717, 1.165) is 22.4 Å². The Morgan fingerprint density at radius 3 is 2.42 bits per heavy atom. The zero-order valence-electron chi connectivity index (χ0n) is 13.9. The topological polar surface area (TPSA) is 38.3 Å². The first-order valence-corrected chi connectivity index (χ1v) is 8.29. The molecule has 26 heavy (non-hydrogen) atoms. The number of benzene rings is 3. The van der Waals surface area contributed by atoms with Crippen LogP contribution in [0.4, 0.5) is 10.1 Å². The molecule has 128 valence electrons. The molecule has 0 atom stereocenters. The summed E-state index contributed by atoms with van der Waals surface area (Å²) in [5, 5.41) is 2.86. The maximum Gasteiger partial charge on any atom is 0.256 e. The predicted molar refractivity (Wildman–Crippen MR) is 100 cm³/mol. The monoisotopic (exact) mass is 345 g/mol. The Kier molecular flexibility index (Phi) is 4.23. The molecule has 1 aliphatic rings. The van der Waals surface area contributed by atoms with E-state index >= 15 is 0 Å². The van der Waals surface area contributed by atoms with Gasteiger partial charge in [-0.1, -0.05) is 42.5 Å². The molecule has 3 aromatic rings. The summed E-state index contributed by atoms with van der Waals surface area (Å²) in [6.45, 7) is 0.372. The maximum atomic E-state index is 12.9. The van der Waals surface area contributed by atoms with Gasteiger partial charge in [-0.3, -0.25) is 4.79 Å². The Hall–Kier alpha value is -3.40. The Labute approximate surface area is 150 Å². The van der Waals surface area contributed by atoms with Crippen LogP contribution in [-0.2, 0) is 11.4 Å². The van der Waals surface area contributed by atoms with Crippen LogP contribution in [0.25, 0.3) is 11.6 Å². The molecule has 0 bridgehead atoms. The highest BCUT2D eigenvalue weighted by atomic mass is 19.1. The second-order valence-corrected chi connectivity index (χ2v) is 6.04. The molecule has 3 nitrogen and oxygen atoms in total. The molecule has 1 N–H and O–H groups in total. The van der Waals surface area contributed by atoms with Gasteiger partial charge in [0.25, 0.3) is 5.91 Å². The molecule has 0 saturated heterocycles. The number of para-hydroxylation sites is 1. The van der Waals surface area contributed by atoms with Crippen molar-refractivity contribution in [3.8, 4) is 5.75 Å². The minimum Gasteiger partial charge on any atom is -0.489 e. The van der Waals surface area contributed by atoms with Gasteiger partial charge in [0.15, 0.2) is 0 Å². The summed E-state index contributed by atoms with van der Waals surface area (Å²) in [5.41, 5.74) is 4.22. The van der Waals surface area contributed by atoms with Crippen molar-refractivity contribution < 1.29 is 13.9 Å². The average molecular weight is 345 g/mol. The van der Waals surface area contributed by atoms with E-state index in [1.807, 2.05) is 54.6 Å². The molecular formula is C22H16FNO2. The summed E-state index contributed by atoms with van der Waals surface area (Å²) in [6, 6.07) is 21.4. The molecule has 0 saturated carbocycles. The van der Waals surface area contributed by atoms with Crippen LogP contribution in [0.3, 0.4) is 0 Å². The minimum atomic E-state index is -0.260. The molecule has 1 aliphatic heterocycles. The van der Waals surface area contributed by atoms with E-state index < -0.39 is 0 Å². The predicted octanol–water partition coefficient (Wildman–Crippen LogP) is 4.90. The molecule has 0 aromatic heterocycles. The summed E-state index contributed by atoms with van der Waals surface area (Å²) in [6.07, 6.45) is 1.87. The van der Waals surface area contributed by atoms with E-state index in [1.54, 1.807) is 12.1 Å². The van der Waals surface area contributed by atoms with E-state index in [2.05, 4.69) is 5.32 Å². The molecule has 0 fully saturated rings. The molecule has 0 spiro atoms. The molecule has 4 rings (SSSR count). The van der Waals surface area contributed by atoms with Crippen molar-refractivity contribution in [2.75, 3.05) is 5.32 Å². The molecule has 0 unspecified atom stereocenters. The largest absolute Gasteiger partial charge is 0.489 e. The third kappa shape index (κ3) is 3.35. The van der Waals surface area contributed by atoms with Crippen molar-refractivity contribution in [2.45, 2.75) is 6.61 Å². The summed E-state index contributed by atoms with van der Waals surface area (Å²) in [4.78, 5) is 12.2. The number of carbonyl (C=O) groups excluding carboxylic acids is 1. The van der Waals surface area contributed by atoms with Gasteiger partial charge in [0.2, 0.25) is 0 Å². The first-order valence-electron chi connectivity index (χ1n) is 8.29. The highest BCUT2D eigenvalue weighted by Gasteiger charge is 2.23. The normalized spacial score (nSPS) is 14.2. The number of fused-ring (bicyclic) bond motifs is 1. The quantitative estimate of drug-likeness (QED) is 0.683. The van der Waals surface area contributed by atoms with Crippen molar-refractivity contribution in [3.63, 3.8) is 0 Å². The van der Waals surface area contributed by atoms with Gasteiger partial charge in [0.1, 0.15) is 18.2 Å². The molecular weight excluding hydrogens is 329 g/mol. The number of carbonyl (C=O) groups is 1. The van der Waals surface area contributed by atoms with Gasteiger partial charge in [-0.2, -0.15) is 0 Å². The zero-order valence-corrected chi connectivity index (χ0v) is 13.9. The van der Waals surface area contributed by atoms with E-state index in [4.69, 9.17) is 4.74 Å². The van der Waals surface area contributed by atoms with Crippen LogP contribution in [0.2, 0.25) is 0 Å². The van der Waals surface area contributed by atoms with Crippen LogP contribution in [0.1, 0.15) is 16.7 Å². The number of amides is 1. The van der Waals surface area contributed by atoms with Crippen molar-refractivity contribution in [1.29, 1.82) is 0 Å². The van der Waals surface area contributed by atoms with Crippen LogP contribution < -0.4 is 10.1 Å². The molecule has 0 radical (unpaired) electrons. The first-order chi connectivity index (χ1) is 12.7. The van der Waals surface area contributed by atoms with Gasteiger partial charge in [-0.25, -0.2) is 4.39 Å². The Morgan fingerprint density at radius 1 is 0.923 bits per heavy atom. The number of rotatable bonds is 4. The van der Waals surface area contributed by atoms with Crippen LogP contribution in [0.15, 0.2) is 72.8 Å². The van der Waals surface area contributed by atoms with Gasteiger partial charge < -0.3 is 10.1 Å². The Bertz CT molecular complexity index is 976. The van der Waals surface area contributed by atoms with Crippen molar-refractivity contribution in [2.24, 2.45) is 0 Å². The number of hydrogen-bond acceptors (Lipinski definition) is 2.